The van der Waals surface area contributed by atoms with E-state index in [1.54, 1.807) is 12.1 Å². The van der Waals surface area contributed by atoms with E-state index in [1.165, 1.54) is 17.2 Å². The number of fused-ring (bicyclic) bond motifs is 1. The van der Waals surface area contributed by atoms with Gasteiger partial charge in [0.25, 0.3) is 0 Å². The highest BCUT2D eigenvalue weighted by Gasteiger charge is 2.30. The van der Waals surface area contributed by atoms with Crippen molar-refractivity contribution in [2.75, 3.05) is 0 Å². The molecule has 2 aromatic rings. The van der Waals surface area contributed by atoms with Crippen LogP contribution in [-0.4, -0.2) is 0 Å². The summed E-state index contributed by atoms with van der Waals surface area (Å²) in [5, 5.41) is 0.650. The molecule has 0 heterocycles. The van der Waals surface area contributed by atoms with Crippen molar-refractivity contribution in [1.29, 1.82) is 0 Å². The molecule has 19 heavy (non-hydrogen) atoms. The smallest absolute Gasteiger partial charge is 0.123 e. The molecule has 2 atom stereocenters. The predicted octanol–water partition coefficient (Wildman–Crippen LogP) is 5.33. The topological polar surface area (TPSA) is 0 Å². The van der Waals surface area contributed by atoms with E-state index in [-0.39, 0.29) is 5.82 Å². The third-order valence-electron chi connectivity index (χ3n) is 3.74. The molecule has 0 aliphatic heterocycles. The molecule has 0 aromatic heterocycles. The van der Waals surface area contributed by atoms with Crippen LogP contribution in [0.2, 0.25) is 5.02 Å². The molecule has 0 nitrogen and oxygen atoms in total. The predicted molar refractivity (Wildman–Crippen MR) is 80.4 cm³/mol. The highest BCUT2D eigenvalue weighted by molar-refractivity contribution is 9.09. The molecule has 1 aliphatic carbocycles. The SMILES string of the molecule is Fc1ccc(Cl)c(CC2Cc3ccccc3C2Br)c1. The van der Waals surface area contributed by atoms with E-state index < -0.39 is 0 Å². The van der Waals surface area contributed by atoms with Crippen molar-refractivity contribution in [1.82, 2.24) is 0 Å². The number of halogens is 3. The Hall–Kier alpha value is -0.860. The molecule has 0 fully saturated rings. The van der Waals surface area contributed by atoms with Gasteiger partial charge in [0.1, 0.15) is 5.82 Å². The van der Waals surface area contributed by atoms with Gasteiger partial charge >= 0.3 is 0 Å². The van der Waals surface area contributed by atoms with E-state index in [0.717, 1.165) is 18.4 Å². The van der Waals surface area contributed by atoms with Crippen LogP contribution in [0.25, 0.3) is 0 Å². The Labute approximate surface area is 125 Å². The molecule has 0 N–H and O–H groups in total. The van der Waals surface area contributed by atoms with Gasteiger partial charge in [-0.1, -0.05) is 51.8 Å². The lowest BCUT2D eigenvalue weighted by atomic mass is 9.96. The maximum Gasteiger partial charge on any atom is 0.123 e. The minimum absolute atomic E-state index is 0.221. The van der Waals surface area contributed by atoms with Gasteiger partial charge in [-0.2, -0.15) is 0 Å². The van der Waals surface area contributed by atoms with Crippen LogP contribution in [-0.2, 0) is 12.8 Å². The normalized spacial score (nSPS) is 21.4. The van der Waals surface area contributed by atoms with Crippen molar-refractivity contribution in [3.05, 3.63) is 70.0 Å². The number of benzene rings is 2. The largest absolute Gasteiger partial charge is 0.207 e. The second-order valence-corrected chi connectivity index (χ2v) is 6.40. The fraction of sp³-hybridized carbons (Fsp3) is 0.250. The van der Waals surface area contributed by atoms with Gasteiger partial charge < -0.3 is 0 Å². The molecule has 1 aliphatic rings. The summed E-state index contributed by atoms with van der Waals surface area (Å²) in [6, 6.07) is 13.0. The van der Waals surface area contributed by atoms with Gasteiger partial charge in [-0.3, -0.25) is 0 Å². The summed E-state index contributed by atoms with van der Waals surface area (Å²) >= 11 is 9.92. The van der Waals surface area contributed by atoms with E-state index in [1.807, 2.05) is 0 Å². The summed E-state index contributed by atoms with van der Waals surface area (Å²) in [6.45, 7) is 0. The monoisotopic (exact) mass is 338 g/mol. The highest BCUT2D eigenvalue weighted by Crippen LogP contribution is 2.44. The first-order valence-corrected chi connectivity index (χ1v) is 7.60. The molecule has 0 saturated carbocycles. The minimum atomic E-state index is -0.221. The van der Waals surface area contributed by atoms with Crippen LogP contribution in [0.1, 0.15) is 21.5 Å². The van der Waals surface area contributed by atoms with Crippen molar-refractivity contribution in [3.63, 3.8) is 0 Å². The first-order valence-electron chi connectivity index (χ1n) is 6.31. The second kappa shape index (κ2) is 5.26. The zero-order chi connectivity index (χ0) is 13.4. The van der Waals surface area contributed by atoms with Crippen LogP contribution in [0.3, 0.4) is 0 Å². The van der Waals surface area contributed by atoms with Crippen LogP contribution < -0.4 is 0 Å². The van der Waals surface area contributed by atoms with E-state index in [4.69, 9.17) is 11.6 Å². The summed E-state index contributed by atoms with van der Waals surface area (Å²) < 4.78 is 13.3. The first-order chi connectivity index (χ1) is 9.15. The van der Waals surface area contributed by atoms with Crippen molar-refractivity contribution in [2.24, 2.45) is 5.92 Å². The van der Waals surface area contributed by atoms with Crippen LogP contribution in [0.4, 0.5) is 4.39 Å². The molecule has 98 valence electrons. The van der Waals surface area contributed by atoms with E-state index in [9.17, 15) is 4.39 Å². The van der Waals surface area contributed by atoms with Gasteiger partial charge in [-0.15, -0.1) is 0 Å². The molecule has 2 aromatic carbocycles. The zero-order valence-electron chi connectivity index (χ0n) is 10.2. The van der Waals surface area contributed by atoms with Crippen molar-refractivity contribution in [2.45, 2.75) is 17.7 Å². The van der Waals surface area contributed by atoms with Gasteiger partial charge in [0.15, 0.2) is 0 Å². The molecule has 0 amide bonds. The summed E-state index contributed by atoms with van der Waals surface area (Å²) in [5.41, 5.74) is 3.62. The lowest BCUT2D eigenvalue weighted by Gasteiger charge is -2.15. The number of rotatable bonds is 2. The number of alkyl halides is 1. The Kier molecular flexibility index (Phi) is 3.64. The number of hydrogen-bond donors (Lipinski definition) is 0. The lowest BCUT2D eigenvalue weighted by molar-refractivity contribution is 0.551. The molecule has 0 bridgehead atoms. The Morgan fingerprint density at radius 3 is 2.79 bits per heavy atom. The van der Waals surface area contributed by atoms with Crippen molar-refractivity contribution in [3.8, 4) is 0 Å². The third kappa shape index (κ3) is 2.56. The summed E-state index contributed by atoms with van der Waals surface area (Å²) in [4.78, 5) is 0.322. The third-order valence-corrected chi connectivity index (χ3v) is 5.35. The maximum absolute atomic E-state index is 13.3. The Morgan fingerprint density at radius 1 is 1.21 bits per heavy atom. The van der Waals surface area contributed by atoms with E-state index >= 15 is 0 Å². The molecule has 3 rings (SSSR count). The summed E-state index contributed by atoms with van der Waals surface area (Å²) in [6.07, 6.45) is 1.81. The van der Waals surface area contributed by atoms with Gasteiger partial charge in [0, 0.05) is 9.85 Å². The van der Waals surface area contributed by atoms with Gasteiger partial charge in [0.05, 0.1) is 0 Å². The quantitative estimate of drug-likeness (QED) is 0.649. The lowest BCUT2D eigenvalue weighted by Crippen LogP contribution is -2.07. The molecule has 2 unspecified atom stereocenters. The molecule has 3 heteroatoms. The molecule has 0 saturated heterocycles. The van der Waals surface area contributed by atoms with Crippen LogP contribution in [0.15, 0.2) is 42.5 Å². The fourth-order valence-electron chi connectivity index (χ4n) is 2.79. The summed E-state index contributed by atoms with van der Waals surface area (Å²) in [5.74, 6) is 0.206. The minimum Gasteiger partial charge on any atom is -0.207 e. The summed E-state index contributed by atoms with van der Waals surface area (Å²) in [7, 11) is 0. The van der Waals surface area contributed by atoms with Gasteiger partial charge in [0.2, 0.25) is 0 Å². The molecular formula is C16H13BrClF. The zero-order valence-corrected chi connectivity index (χ0v) is 12.6. The van der Waals surface area contributed by atoms with Crippen molar-refractivity contribution < 1.29 is 4.39 Å². The Bertz CT molecular complexity index is 611. The first kappa shape index (κ1) is 13.1. The van der Waals surface area contributed by atoms with Crippen LogP contribution in [0, 0.1) is 11.7 Å². The highest BCUT2D eigenvalue weighted by atomic mass is 79.9. The van der Waals surface area contributed by atoms with Crippen molar-refractivity contribution >= 4 is 27.5 Å². The second-order valence-electron chi connectivity index (χ2n) is 5.00. The maximum atomic E-state index is 13.3. The van der Waals surface area contributed by atoms with Crippen LogP contribution >= 0.6 is 27.5 Å². The molecule has 0 spiro atoms. The van der Waals surface area contributed by atoms with Crippen LogP contribution in [0.5, 0.6) is 0 Å². The van der Waals surface area contributed by atoms with Gasteiger partial charge in [-0.05, 0) is 53.6 Å². The van der Waals surface area contributed by atoms with Gasteiger partial charge in [-0.25, -0.2) is 4.39 Å². The fourth-order valence-corrected chi connectivity index (χ4v) is 3.80. The standard InChI is InChI=1S/C16H13BrClF/c17-16-12(7-10-3-1-2-4-14(10)16)8-11-9-13(19)5-6-15(11)18/h1-6,9,12,16H,7-8H2. The average molecular weight is 340 g/mol. The Balaban J connectivity index is 1.85. The Morgan fingerprint density at radius 2 is 2.00 bits per heavy atom. The number of hydrogen-bond acceptors (Lipinski definition) is 0. The molecule has 0 radical (unpaired) electrons. The van der Waals surface area contributed by atoms with E-state index in [2.05, 4.69) is 40.2 Å². The van der Waals surface area contributed by atoms with E-state index in [0.29, 0.717) is 15.8 Å². The molecular weight excluding hydrogens is 327 g/mol. The average Bonchev–Trinajstić information content (AvgIpc) is 2.72.